The van der Waals surface area contributed by atoms with Crippen LogP contribution in [-0.4, -0.2) is 4.38 Å². The fourth-order valence-corrected chi connectivity index (χ4v) is 562. The van der Waals surface area contributed by atoms with Gasteiger partial charge in [-0.2, -0.15) is 0 Å². The zero-order valence-electron chi connectivity index (χ0n) is 27.4. The Kier molecular flexibility index (Phi) is 56.5. The molecule has 0 aliphatic carbocycles. The smallest absolute Gasteiger partial charge is 0.0858 e. The van der Waals surface area contributed by atoms with Gasteiger partial charge in [0.05, 0.1) is 4.38 Å². The van der Waals surface area contributed by atoms with Crippen LogP contribution in [0.3, 0.4) is 0 Å². The Morgan fingerprint density at radius 3 is 0.340 bits per heavy atom. The Labute approximate surface area is 417 Å². The SMILES string of the molecule is PP(P)P(P(P)P)P(P(P(P)P)P(P)P)C(P(P(P)P)P(P)P)(P(P(P(P)P)P(P)P)P(P(P)P)P(P)P)P(P(P(P)P)P(P)P)P(P(P)P)P(P)P. The van der Waals surface area contributed by atoms with Gasteiger partial charge in [0.2, 0.25) is 0 Å². The second kappa shape index (κ2) is 39.7. The van der Waals surface area contributed by atoms with E-state index in [9.17, 15) is 0 Å². The zero-order valence-corrected chi connectivity index (χ0v) is 81.2. The fourth-order valence-electron chi connectivity index (χ4n) is 3.73. The van der Waals surface area contributed by atoms with Gasteiger partial charge in [0.1, 0.15) is 0 Å². The minimum absolute atomic E-state index is 0.258. The summed E-state index contributed by atoms with van der Waals surface area (Å²) in [5.41, 5.74) is 0. The maximum Gasteiger partial charge on any atom is 0.0858 e. The van der Waals surface area contributed by atoms with E-state index < -0.39 is 0 Å². The maximum atomic E-state index is 3.60. The molecule has 0 saturated heterocycles. The lowest BCUT2D eigenvalue weighted by Crippen LogP contribution is -2.13. The third kappa shape index (κ3) is 24.4. The van der Waals surface area contributed by atoms with E-state index in [1.165, 1.54) is 0 Å². The van der Waals surface area contributed by atoms with Gasteiger partial charge in [0.25, 0.3) is 0 Å². The molecule has 0 amide bonds. The Bertz CT molecular complexity index is 734. The minimum atomic E-state index is -0.369. The van der Waals surface area contributed by atoms with E-state index in [-0.39, 0.29) is 169 Å². The van der Waals surface area contributed by atoms with E-state index >= 15 is 0 Å². The van der Waals surface area contributed by atoms with Crippen molar-refractivity contribution in [2.24, 2.45) is 0 Å². The molecular weight excluding hydrogens is 1620 g/mol. The number of rotatable bonds is 24. The van der Waals surface area contributed by atoms with E-state index in [2.05, 4.69) is 250 Å². The van der Waals surface area contributed by atoms with E-state index in [1.807, 2.05) is 0 Å². The molecule has 0 aromatic rings. The van der Waals surface area contributed by atoms with Crippen LogP contribution in [0.5, 0.6) is 0 Å². The highest BCUT2D eigenvalue weighted by molar-refractivity contribution is 9.34. The summed E-state index contributed by atoms with van der Waals surface area (Å²) >= 11 is 0. The summed E-state index contributed by atoms with van der Waals surface area (Å²) in [6.45, 7) is -5.62. The second-order valence-corrected chi connectivity index (χ2v) is 209. The molecule has 0 aromatic heterocycles. The second-order valence-electron chi connectivity index (χ2n) is 8.69. The molecule has 0 saturated carbocycles. The highest BCUT2D eigenvalue weighted by Crippen LogP contribution is 3.41. The molecule has 0 bridgehead atoms. The van der Waals surface area contributed by atoms with Gasteiger partial charge in [-0.15, -0.1) is 250 Å². The molecule has 0 fully saturated rings. The van der Waals surface area contributed by atoms with Crippen LogP contribution in [0.25, 0.3) is 0 Å². The van der Waals surface area contributed by atoms with Crippen molar-refractivity contribution in [3.63, 3.8) is 0 Å². The number of hydrogen-bond donors (Lipinski definition) is 0. The Morgan fingerprint density at radius 2 is 0.264 bits per heavy atom. The van der Waals surface area contributed by atoms with Gasteiger partial charge in [0, 0.05) is 0 Å². The van der Waals surface area contributed by atoms with Crippen LogP contribution in [0.2, 0.25) is 0 Å². The van der Waals surface area contributed by atoms with Crippen LogP contribution in [0.15, 0.2) is 0 Å². The Balaban J connectivity index is 10.6. The van der Waals surface area contributed by atoms with Gasteiger partial charge in [-0.05, 0) is 169 Å². The Morgan fingerprint density at radius 1 is 0.151 bits per heavy atom. The molecule has 0 aliphatic rings. The van der Waals surface area contributed by atoms with Gasteiger partial charge >= 0.3 is 0 Å². The molecule has 0 spiro atoms. The van der Waals surface area contributed by atoms with Gasteiger partial charge < -0.3 is 0 Å². The maximum absolute atomic E-state index is 3.60. The van der Waals surface area contributed by atoms with Crippen LogP contribution in [0.4, 0.5) is 0 Å². The summed E-state index contributed by atoms with van der Waals surface area (Å²) in [7, 11) is 97.6. The Hall–Kier alpha value is 22.4. The van der Waals surface area contributed by atoms with Crippen LogP contribution < -0.4 is 0 Å². The third-order valence-corrected chi connectivity index (χ3v) is 306. The lowest BCUT2D eigenvalue weighted by molar-refractivity contribution is 1.87. The molecule has 52 heteroatoms. The van der Waals surface area contributed by atoms with Crippen LogP contribution in [0.1, 0.15) is 0 Å². The molecule has 0 N–H and O–H groups in total. The minimum Gasteiger partial charge on any atom is -0.102 e. The van der Waals surface area contributed by atoms with E-state index in [0.29, 0.717) is 4.38 Å². The fraction of sp³-hybridized carbons (Fsp3) is 1.00. The van der Waals surface area contributed by atoms with E-state index in [0.717, 1.165) is 0 Å². The first kappa shape index (κ1) is 75.4. The molecule has 0 rings (SSSR count). The summed E-state index contributed by atoms with van der Waals surface area (Å²) in [4.78, 5) is 0. The van der Waals surface area contributed by atoms with Crippen molar-refractivity contribution < 1.29 is 0 Å². The van der Waals surface area contributed by atoms with Crippen LogP contribution in [-0.2, 0) is 0 Å². The molecule has 0 radical (unpaired) electrons. The van der Waals surface area contributed by atoms with Crippen LogP contribution in [0, 0.1) is 0 Å². The molecule has 0 aromatic carbocycles. The van der Waals surface area contributed by atoms with Crippen molar-refractivity contribution in [3.05, 3.63) is 0 Å². The predicted molar refractivity (Wildman–Crippen MR) is 441 cm³/mol. The standard InChI is InChI=1S/CH56P52/c2-34(3)30(35(4)5)1(31(48(36(6)7)37(8)9)49(38(10)11)39(12)13,32(50(40(14)15)41(16)17)51(42(18)19)43(20)21)33(52(44(22)23)45(24)25)53(46(26)27)47(28)29/h2-29H2. The lowest BCUT2D eigenvalue weighted by Gasteiger charge is -2.67. The topological polar surface area (TPSA) is 0 Å². The molecule has 53 heavy (non-hydrogen) atoms. The van der Waals surface area contributed by atoms with Crippen molar-refractivity contribution >= 4 is 419 Å². The zero-order chi connectivity index (χ0) is 42.4. The van der Waals surface area contributed by atoms with Gasteiger partial charge in [0.15, 0.2) is 0 Å². The molecular formula is CH56P52. The van der Waals surface area contributed by atoms with Crippen LogP contribution >= 0.6 is 419 Å². The highest BCUT2D eigenvalue weighted by Gasteiger charge is 2.70. The molecule has 0 aliphatic heterocycles. The lowest BCUT2D eigenvalue weighted by atomic mass is 11.8. The molecule has 0 nitrogen and oxygen atoms in total. The van der Waals surface area contributed by atoms with Crippen molar-refractivity contribution in [2.45, 2.75) is 4.38 Å². The van der Waals surface area contributed by atoms with Gasteiger partial charge in [-0.1, -0.05) is 0 Å². The molecule has 0 heterocycles. The summed E-state index contributed by atoms with van der Waals surface area (Å²) < 4.78 is 0.403. The van der Waals surface area contributed by atoms with Crippen molar-refractivity contribution in [1.29, 1.82) is 0 Å². The summed E-state index contributed by atoms with van der Waals surface area (Å²) in [5, 5.41) is 0. The summed E-state index contributed by atoms with van der Waals surface area (Å²) in [5.74, 6) is 0. The largest absolute Gasteiger partial charge is 0.102 e. The third-order valence-electron chi connectivity index (χ3n) is 5.01. The van der Waals surface area contributed by atoms with E-state index in [4.69, 9.17) is 0 Å². The van der Waals surface area contributed by atoms with Crippen molar-refractivity contribution in [3.8, 4) is 0 Å². The first-order valence-corrected chi connectivity index (χ1v) is 104. The quantitative estimate of drug-likeness (QED) is 0.0845. The highest BCUT2D eigenvalue weighted by atomic mass is 33.3. The monoisotopic (exact) mass is 1680 g/mol. The predicted octanol–water partition coefficient (Wildman–Crippen LogP) is 29.6. The van der Waals surface area contributed by atoms with Gasteiger partial charge in [-0.3, -0.25) is 0 Å². The summed E-state index contributed by atoms with van der Waals surface area (Å²) in [6.07, 6.45) is 0. The average molecular weight is 1680 g/mol. The first-order chi connectivity index (χ1) is 24.0. The number of hydrogen-bond acceptors (Lipinski definition) is 0. The van der Waals surface area contributed by atoms with Crippen molar-refractivity contribution in [2.75, 3.05) is 0 Å². The average Bonchev–Trinajstić information content (AvgIpc) is 2.91. The molecule has 28 unspecified atom stereocenters. The van der Waals surface area contributed by atoms with E-state index in [1.54, 1.807) is 0 Å². The summed E-state index contributed by atoms with van der Waals surface area (Å²) in [6, 6.07) is 0. The molecule has 320 valence electrons. The molecule has 28 atom stereocenters. The van der Waals surface area contributed by atoms with Crippen molar-refractivity contribution in [1.82, 2.24) is 0 Å². The first-order valence-electron chi connectivity index (χ1n) is 12.1. The van der Waals surface area contributed by atoms with Gasteiger partial charge in [-0.25, -0.2) is 0 Å². The normalized spacial score (nSPS) is 14.7.